The van der Waals surface area contributed by atoms with Crippen LogP contribution in [0.1, 0.15) is 0 Å². The summed E-state index contributed by atoms with van der Waals surface area (Å²) in [4.78, 5) is 0. The van der Waals surface area contributed by atoms with E-state index in [9.17, 15) is 3.83 Å². The molecule has 0 radical (unpaired) electrons. The van der Waals surface area contributed by atoms with Crippen LogP contribution in [0.15, 0.2) is 54.6 Å². The molecule has 0 saturated carbocycles. The molecule has 124 valence electrons. The van der Waals surface area contributed by atoms with Gasteiger partial charge < -0.3 is 0 Å². The summed E-state index contributed by atoms with van der Waals surface area (Å²) in [6.07, 6.45) is 0. The first-order valence-corrected chi connectivity index (χ1v) is 9.80. The van der Waals surface area contributed by atoms with Gasteiger partial charge >= 0.3 is 145 Å². The topological polar surface area (TPSA) is 44.8 Å². The zero-order valence-corrected chi connectivity index (χ0v) is 15.5. The van der Waals surface area contributed by atoms with E-state index in [1.165, 1.54) is 0 Å². The van der Waals surface area contributed by atoms with Gasteiger partial charge in [-0.15, -0.1) is 0 Å². The van der Waals surface area contributed by atoms with Crippen molar-refractivity contribution in [2.45, 2.75) is 0 Å². The van der Waals surface area contributed by atoms with Gasteiger partial charge in [-0.25, -0.2) is 0 Å². The van der Waals surface area contributed by atoms with Crippen LogP contribution in [0.2, 0.25) is 0 Å². The van der Waals surface area contributed by atoms with Gasteiger partial charge in [-0.05, 0) is 0 Å². The van der Waals surface area contributed by atoms with E-state index >= 15 is 0 Å². The van der Waals surface area contributed by atoms with E-state index in [1.54, 1.807) is 33.5 Å². The Kier molecular flexibility index (Phi) is 4.84. The van der Waals surface area contributed by atoms with Crippen LogP contribution in [0, 0.1) is 0 Å². The number of benzene rings is 3. The van der Waals surface area contributed by atoms with Crippen molar-refractivity contribution < 1.29 is 18.0 Å². The molecule has 0 aliphatic carbocycles. The molecule has 3 aromatic carbocycles. The van der Waals surface area contributed by atoms with Gasteiger partial charge in [-0.2, -0.15) is 0 Å². The van der Waals surface area contributed by atoms with E-state index in [-0.39, 0.29) is 0 Å². The van der Waals surface area contributed by atoms with Gasteiger partial charge in [-0.1, -0.05) is 0 Å². The minimum atomic E-state index is -2.49. The molecule has 0 heterocycles. The first kappa shape index (κ1) is 16.5. The van der Waals surface area contributed by atoms with E-state index in [0.717, 1.165) is 15.2 Å². The van der Waals surface area contributed by atoms with E-state index in [2.05, 4.69) is 0 Å². The predicted molar refractivity (Wildman–Crippen MR) is 95.8 cm³/mol. The van der Waals surface area contributed by atoms with Crippen LogP contribution in [0.25, 0.3) is 10.8 Å². The average molecular weight is 389 g/mol. The standard InChI is InChI=1S/C19H18O4Se/c1-21-16-11-14(12-17(22-2)19(16)23-3)24(20)18-10-6-8-13-7-4-5-9-15(13)18/h4-12H,1-3H3. The molecule has 0 N–H and O–H groups in total. The minimum absolute atomic E-state index is 0.500. The Labute approximate surface area is 145 Å². The first-order chi connectivity index (χ1) is 11.7. The van der Waals surface area contributed by atoms with Crippen LogP contribution in [0.4, 0.5) is 0 Å². The monoisotopic (exact) mass is 390 g/mol. The number of ether oxygens (including phenoxy) is 3. The van der Waals surface area contributed by atoms with Gasteiger partial charge in [0.1, 0.15) is 0 Å². The summed E-state index contributed by atoms with van der Waals surface area (Å²) < 4.78 is 30.9. The number of fused-ring (bicyclic) bond motifs is 1. The number of methoxy groups -OCH3 is 3. The van der Waals surface area contributed by atoms with E-state index in [0.29, 0.717) is 21.7 Å². The fourth-order valence-corrected chi connectivity index (χ4v) is 5.31. The molecule has 0 fully saturated rings. The van der Waals surface area contributed by atoms with Crippen molar-refractivity contribution in [1.29, 1.82) is 0 Å². The van der Waals surface area contributed by atoms with E-state index < -0.39 is 13.8 Å². The maximum atomic E-state index is 13.3. The Hall–Kier alpha value is -2.36. The Morgan fingerprint density at radius 1 is 0.792 bits per heavy atom. The molecule has 0 amide bonds. The van der Waals surface area contributed by atoms with Crippen LogP contribution >= 0.6 is 0 Å². The molecule has 0 aliphatic heterocycles. The van der Waals surface area contributed by atoms with Crippen molar-refractivity contribution in [3.05, 3.63) is 54.6 Å². The Morgan fingerprint density at radius 2 is 1.42 bits per heavy atom. The Bertz CT molecular complexity index is 875. The van der Waals surface area contributed by atoms with Crippen molar-refractivity contribution >= 4 is 33.5 Å². The third-order valence-corrected chi connectivity index (χ3v) is 6.78. The van der Waals surface area contributed by atoms with Gasteiger partial charge in [0.05, 0.1) is 0 Å². The zero-order valence-electron chi connectivity index (χ0n) is 13.7. The molecule has 24 heavy (non-hydrogen) atoms. The van der Waals surface area contributed by atoms with Crippen LogP contribution < -0.4 is 23.1 Å². The van der Waals surface area contributed by atoms with Crippen LogP contribution in [-0.4, -0.2) is 35.2 Å². The van der Waals surface area contributed by atoms with Gasteiger partial charge in [0.15, 0.2) is 0 Å². The fourth-order valence-electron chi connectivity index (χ4n) is 2.65. The summed E-state index contributed by atoms with van der Waals surface area (Å²) in [5.74, 6) is 1.52. The molecule has 0 spiro atoms. The number of hydrogen-bond acceptors (Lipinski definition) is 4. The van der Waals surface area contributed by atoms with Gasteiger partial charge in [0, 0.05) is 0 Å². The molecule has 0 bridgehead atoms. The first-order valence-electron chi connectivity index (χ1n) is 7.39. The van der Waals surface area contributed by atoms with Crippen LogP contribution in [0.3, 0.4) is 0 Å². The SMILES string of the molecule is COc1cc([Se](=O)c2cccc3ccccc23)cc(OC)c1OC. The molecular weight excluding hydrogens is 371 g/mol. The average Bonchev–Trinajstić information content (AvgIpc) is 2.65. The summed E-state index contributed by atoms with van der Waals surface area (Å²) in [7, 11) is 4.66. The van der Waals surface area contributed by atoms with Crippen LogP contribution in [-0.2, 0) is 3.83 Å². The molecule has 0 saturated heterocycles. The van der Waals surface area contributed by atoms with E-state index in [1.807, 2.05) is 42.5 Å². The van der Waals surface area contributed by atoms with Crippen LogP contribution in [0.5, 0.6) is 17.2 Å². The van der Waals surface area contributed by atoms with Crippen molar-refractivity contribution in [3.8, 4) is 17.2 Å². The summed E-state index contributed by atoms with van der Waals surface area (Å²) in [5, 5.41) is 2.08. The molecule has 4 nitrogen and oxygen atoms in total. The molecule has 0 aromatic heterocycles. The second-order valence-electron chi connectivity index (χ2n) is 5.11. The van der Waals surface area contributed by atoms with Crippen molar-refractivity contribution in [2.75, 3.05) is 21.3 Å². The quantitative estimate of drug-likeness (QED) is 0.629. The molecular formula is C19H18O4Se. The summed E-state index contributed by atoms with van der Waals surface area (Å²) >= 11 is -2.49. The van der Waals surface area contributed by atoms with Crippen molar-refractivity contribution in [2.24, 2.45) is 0 Å². The maximum absolute atomic E-state index is 13.3. The molecule has 3 aromatic rings. The molecule has 1 atom stereocenters. The predicted octanol–water partition coefficient (Wildman–Crippen LogP) is 2.40. The molecule has 1 unspecified atom stereocenters. The molecule has 5 heteroatoms. The summed E-state index contributed by atoms with van der Waals surface area (Å²) in [5.41, 5.74) is 0. The van der Waals surface area contributed by atoms with Crippen molar-refractivity contribution in [3.63, 3.8) is 0 Å². The van der Waals surface area contributed by atoms with Crippen molar-refractivity contribution in [1.82, 2.24) is 0 Å². The molecule has 0 aliphatic rings. The second kappa shape index (κ2) is 7.03. The zero-order chi connectivity index (χ0) is 17.1. The molecule has 3 rings (SSSR count). The Balaban J connectivity index is 2.16. The number of hydrogen-bond donors (Lipinski definition) is 0. The van der Waals surface area contributed by atoms with Gasteiger partial charge in [0.2, 0.25) is 0 Å². The van der Waals surface area contributed by atoms with Gasteiger partial charge in [0.25, 0.3) is 0 Å². The third kappa shape index (κ3) is 2.88. The summed E-state index contributed by atoms with van der Waals surface area (Å²) in [6.45, 7) is 0. The normalized spacial score (nSPS) is 12.0. The van der Waals surface area contributed by atoms with Gasteiger partial charge in [-0.3, -0.25) is 0 Å². The van der Waals surface area contributed by atoms with E-state index in [4.69, 9.17) is 14.2 Å². The fraction of sp³-hybridized carbons (Fsp3) is 0.158. The third-order valence-electron chi connectivity index (χ3n) is 3.80. The summed E-state index contributed by atoms with van der Waals surface area (Å²) in [6, 6.07) is 17.4. The second-order valence-corrected chi connectivity index (χ2v) is 8.15. The Morgan fingerprint density at radius 3 is 2.04 bits per heavy atom. The number of rotatable bonds is 5.